The SMILES string of the molecule is CC(C)CCCC(C)[C@H]1CC[C@H]2C3CC=C4C[C@@H](OC(=O)c5cc([N+](=O)[O-])cc([N+](=O)[O-])c5)CC[C@]4(C)[C@H]3CC[C@]12C. The molecule has 42 heavy (non-hydrogen) atoms. The predicted octanol–water partition coefficient (Wildman–Crippen LogP) is 9.07. The van der Waals surface area contributed by atoms with Gasteiger partial charge in [-0.15, -0.1) is 0 Å². The standard InChI is InChI=1S/C34H48N2O6/c1-21(2)7-6-8-22(3)29-11-12-30-28-10-9-24-19-27(13-15-33(24,4)31(28)14-16-34(29,30)5)42-32(37)23-17-25(35(38)39)20-26(18-23)36(40)41/h9,17-18,20-22,27-31H,6-8,10-16,19H2,1-5H3/t22?,27-,28?,29+,30-,31-,33-,34+/m0/s1. The zero-order valence-corrected chi connectivity index (χ0v) is 26.0. The van der Waals surface area contributed by atoms with Crippen molar-refractivity contribution in [3.05, 3.63) is 55.6 Å². The van der Waals surface area contributed by atoms with Crippen molar-refractivity contribution < 1.29 is 19.4 Å². The number of fused-ring (bicyclic) bond motifs is 5. The van der Waals surface area contributed by atoms with Crippen molar-refractivity contribution in [3.63, 3.8) is 0 Å². The number of carbonyl (C=O) groups excluding carboxylic acids is 1. The monoisotopic (exact) mass is 580 g/mol. The van der Waals surface area contributed by atoms with Crippen LogP contribution in [0.15, 0.2) is 29.8 Å². The van der Waals surface area contributed by atoms with Crippen LogP contribution < -0.4 is 0 Å². The van der Waals surface area contributed by atoms with Gasteiger partial charge in [-0.25, -0.2) is 4.79 Å². The number of nitrogens with zero attached hydrogens (tertiary/aromatic N) is 2. The molecule has 2 unspecified atom stereocenters. The quantitative estimate of drug-likeness (QED) is 0.125. The summed E-state index contributed by atoms with van der Waals surface area (Å²) in [6.45, 7) is 12.2. The van der Waals surface area contributed by atoms with Crippen LogP contribution in [0.3, 0.4) is 0 Å². The van der Waals surface area contributed by atoms with Crippen molar-refractivity contribution in [1.82, 2.24) is 0 Å². The lowest BCUT2D eigenvalue weighted by Gasteiger charge is -2.58. The van der Waals surface area contributed by atoms with E-state index in [1.165, 1.54) is 50.5 Å². The second-order valence-electron chi connectivity index (χ2n) is 14.8. The molecule has 3 saturated carbocycles. The number of rotatable bonds is 9. The number of nitro benzene ring substituents is 2. The summed E-state index contributed by atoms with van der Waals surface area (Å²) in [4.78, 5) is 34.1. The second kappa shape index (κ2) is 11.7. The van der Waals surface area contributed by atoms with Gasteiger partial charge in [0.1, 0.15) is 6.10 Å². The lowest BCUT2D eigenvalue weighted by atomic mass is 9.47. The molecule has 230 valence electrons. The topological polar surface area (TPSA) is 113 Å². The largest absolute Gasteiger partial charge is 0.458 e. The van der Waals surface area contributed by atoms with Crippen LogP contribution in [0.4, 0.5) is 11.4 Å². The zero-order chi connectivity index (χ0) is 30.4. The highest BCUT2D eigenvalue weighted by Gasteiger charge is 2.59. The average molecular weight is 581 g/mol. The number of esters is 1. The molecule has 0 saturated heterocycles. The Bertz CT molecular complexity index is 1230. The third-order valence-electron chi connectivity index (χ3n) is 12.1. The van der Waals surface area contributed by atoms with Crippen LogP contribution in [-0.4, -0.2) is 21.9 Å². The molecule has 0 N–H and O–H groups in total. The molecule has 0 spiro atoms. The number of allylic oxidation sites excluding steroid dienone is 1. The van der Waals surface area contributed by atoms with Crippen LogP contribution in [0.1, 0.15) is 116 Å². The number of ether oxygens (including phenoxy) is 1. The van der Waals surface area contributed by atoms with E-state index in [2.05, 4.69) is 40.7 Å². The molecule has 0 radical (unpaired) electrons. The van der Waals surface area contributed by atoms with Crippen molar-refractivity contribution >= 4 is 17.3 Å². The molecule has 4 aliphatic carbocycles. The van der Waals surface area contributed by atoms with Gasteiger partial charge >= 0.3 is 5.97 Å². The fraction of sp³-hybridized carbons (Fsp3) is 0.735. The van der Waals surface area contributed by atoms with E-state index in [0.717, 1.165) is 67.1 Å². The number of hydrogen-bond donors (Lipinski definition) is 0. The molecular weight excluding hydrogens is 532 g/mol. The van der Waals surface area contributed by atoms with Gasteiger partial charge < -0.3 is 4.74 Å². The smallest absolute Gasteiger partial charge is 0.338 e. The maximum absolute atomic E-state index is 13.0. The Morgan fingerprint density at radius 2 is 1.64 bits per heavy atom. The molecule has 0 aliphatic heterocycles. The molecule has 1 aromatic rings. The van der Waals surface area contributed by atoms with Gasteiger partial charge in [-0.1, -0.05) is 65.5 Å². The van der Waals surface area contributed by atoms with E-state index in [1.807, 2.05) is 0 Å². The van der Waals surface area contributed by atoms with Crippen LogP contribution in [0, 0.1) is 66.6 Å². The molecule has 5 rings (SSSR count). The fourth-order valence-corrected chi connectivity index (χ4v) is 9.90. The van der Waals surface area contributed by atoms with Gasteiger partial charge in [-0.05, 0) is 91.3 Å². The van der Waals surface area contributed by atoms with E-state index in [1.54, 1.807) is 0 Å². The minimum absolute atomic E-state index is 0.110. The van der Waals surface area contributed by atoms with Gasteiger partial charge in [0.05, 0.1) is 21.5 Å². The summed E-state index contributed by atoms with van der Waals surface area (Å²) in [6.07, 6.45) is 14.9. The first-order valence-electron chi connectivity index (χ1n) is 16.2. The number of carbonyl (C=O) groups is 1. The van der Waals surface area contributed by atoms with Crippen LogP contribution in [-0.2, 0) is 4.74 Å². The Kier molecular flexibility index (Phi) is 8.56. The first-order chi connectivity index (χ1) is 19.8. The van der Waals surface area contributed by atoms with Crippen LogP contribution >= 0.6 is 0 Å². The Morgan fingerprint density at radius 1 is 0.952 bits per heavy atom. The van der Waals surface area contributed by atoms with E-state index in [9.17, 15) is 25.0 Å². The van der Waals surface area contributed by atoms with E-state index < -0.39 is 27.2 Å². The van der Waals surface area contributed by atoms with Crippen molar-refractivity contribution in [2.45, 2.75) is 111 Å². The second-order valence-corrected chi connectivity index (χ2v) is 14.8. The van der Waals surface area contributed by atoms with Crippen LogP contribution in [0.5, 0.6) is 0 Å². The summed E-state index contributed by atoms with van der Waals surface area (Å²) in [5.74, 6) is 3.81. The maximum Gasteiger partial charge on any atom is 0.338 e. The van der Waals surface area contributed by atoms with Crippen molar-refractivity contribution in [2.75, 3.05) is 0 Å². The first-order valence-corrected chi connectivity index (χ1v) is 16.2. The van der Waals surface area contributed by atoms with Gasteiger partial charge in [0.15, 0.2) is 0 Å². The number of nitro groups is 2. The Hall–Kier alpha value is -2.77. The highest BCUT2D eigenvalue weighted by atomic mass is 16.6. The minimum atomic E-state index is -0.738. The Morgan fingerprint density at radius 3 is 2.29 bits per heavy atom. The molecule has 0 amide bonds. The van der Waals surface area contributed by atoms with E-state index >= 15 is 0 Å². The number of benzene rings is 1. The van der Waals surface area contributed by atoms with Gasteiger partial charge in [0.2, 0.25) is 0 Å². The molecular formula is C34H48N2O6. The van der Waals surface area contributed by atoms with Gasteiger partial charge in [0, 0.05) is 18.6 Å². The average Bonchev–Trinajstić information content (AvgIpc) is 3.30. The molecule has 0 bridgehead atoms. The molecule has 8 nitrogen and oxygen atoms in total. The summed E-state index contributed by atoms with van der Waals surface area (Å²) in [6, 6.07) is 2.99. The predicted molar refractivity (Wildman–Crippen MR) is 162 cm³/mol. The molecule has 1 aromatic carbocycles. The molecule has 0 heterocycles. The first kappa shape index (κ1) is 30.7. The maximum atomic E-state index is 13.0. The van der Waals surface area contributed by atoms with Crippen LogP contribution in [0.2, 0.25) is 0 Å². The van der Waals surface area contributed by atoms with Crippen molar-refractivity contribution in [2.24, 2.45) is 46.3 Å². The van der Waals surface area contributed by atoms with Crippen LogP contribution in [0.25, 0.3) is 0 Å². The number of hydrogen-bond acceptors (Lipinski definition) is 6. The highest BCUT2D eigenvalue weighted by molar-refractivity contribution is 5.91. The van der Waals surface area contributed by atoms with Crippen molar-refractivity contribution in [3.8, 4) is 0 Å². The lowest BCUT2D eigenvalue weighted by molar-refractivity contribution is -0.394. The summed E-state index contributed by atoms with van der Waals surface area (Å²) in [5.41, 5.74) is 0.806. The van der Waals surface area contributed by atoms with Gasteiger partial charge in [-0.3, -0.25) is 20.2 Å². The minimum Gasteiger partial charge on any atom is -0.458 e. The highest BCUT2D eigenvalue weighted by Crippen LogP contribution is 2.67. The molecule has 8 atom stereocenters. The summed E-state index contributed by atoms with van der Waals surface area (Å²) in [7, 11) is 0. The Labute approximate surface area is 250 Å². The number of non-ortho nitro benzene ring substituents is 2. The molecule has 4 aliphatic rings. The summed E-state index contributed by atoms with van der Waals surface area (Å²) in [5, 5.41) is 22.6. The normalized spacial score (nSPS) is 34.5. The van der Waals surface area contributed by atoms with Crippen molar-refractivity contribution in [1.29, 1.82) is 0 Å². The fourth-order valence-electron chi connectivity index (χ4n) is 9.90. The zero-order valence-electron chi connectivity index (χ0n) is 26.0. The molecule has 0 aromatic heterocycles. The summed E-state index contributed by atoms with van der Waals surface area (Å²) >= 11 is 0. The van der Waals surface area contributed by atoms with E-state index in [4.69, 9.17) is 4.74 Å². The molecule has 8 heteroatoms. The third kappa shape index (κ3) is 5.62. The third-order valence-corrected chi connectivity index (χ3v) is 12.1. The van der Waals surface area contributed by atoms with Gasteiger partial charge in [0.25, 0.3) is 11.4 Å². The lowest BCUT2D eigenvalue weighted by Crippen LogP contribution is -2.51. The Balaban J connectivity index is 1.27. The molecule has 3 fully saturated rings. The summed E-state index contributed by atoms with van der Waals surface area (Å²) < 4.78 is 5.82. The van der Waals surface area contributed by atoms with E-state index in [0.29, 0.717) is 17.8 Å². The van der Waals surface area contributed by atoms with E-state index in [-0.39, 0.29) is 17.1 Å². The van der Waals surface area contributed by atoms with Gasteiger partial charge in [-0.2, -0.15) is 0 Å².